The molecule has 0 aromatic rings. The molecule has 1 saturated heterocycles. The van der Waals surface area contributed by atoms with Gasteiger partial charge in [-0.15, -0.1) is 0 Å². The van der Waals surface area contributed by atoms with Crippen molar-refractivity contribution in [1.29, 1.82) is 0 Å². The average Bonchev–Trinajstić information content (AvgIpc) is 2.67. The predicted molar refractivity (Wildman–Crippen MR) is 75.7 cm³/mol. The Kier molecular flexibility index (Phi) is 4.83. The van der Waals surface area contributed by atoms with Crippen LogP contribution < -0.4 is 0 Å². The number of Topliss-reactive ketones (excluding diaryl/α,β-unsaturated/α-hetero) is 1. The zero-order valence-electron chi connectivity index (χ0n) is 12.2. The summed E-state index contributed by atoms with van der Waals surface area (Å²) in [5, 5.41) is 0. The Morgan fingerprint density at radius 3 is 1.94 bits per heavy atom. The number of ketones is 1. The number of hydrogen-bond acceptors (Lipinski definition) is 2. The molecular formula is C16H29NO. The van der Waals surface area contributed by atoms with Crippen LogP contribution >= 0.6 is 0 Å². The minimum absolute atomic E-state index is 0.227. The van der Waals surface area contributed by atoms with Crippen molar-refractivity contribution in [2.24, 2.45) is 5.92 Å². The molecule has 1 aliphatic heterocycles. The Morgan fingerprint density at radius 1 is 0.889 bits per heavy atom. The molecule has 0 aromatic carbocycles. The molecule has 2 rings (SSSR count). The van der Waals surface area contributed by atoms with Gasteiger partial charge in [0.25, 0.3) is 0 Å². The molecule has 0 aromatic heterocycles. The van der Waals surface area contributed by atoms with Crippen molar-refractivity contribution < 1.29 is 4.79 Å². The van der Waals surface area contributed by atoms with Gasteiger partial charge in [0, 0.05) is 5.92 Å². The number of carbonyl (C=O) groups is 1. The summed E-state index contributed by atoms with van der Waals surface area (Å²) in [6, 6.07) is 0. The van der Waals surface area contributed by atoms with Crippen molar-refractivity contribution >= 4 is 5.78 Å². The van der Waals surface area contributed by atoms with E-state index in [1.54, 1.807) is 0 Å². The highest BCUT2D eigenvalue weighted by Crippen LogP contribution is 2.31. The second kappa shape index (κ2) is 6.18. The molecule has 0 amide bonds. The van der Waals surface area contributed by atoms with E-state index in [4.69, 9.17) is 0 Å². The highest BCUT2D eigenvalue weighted by atomic mass is 16.1. The second-order valence-electron chi connectivity index (χ2n) is 6.66. The van der Waals surface area contributed by atoms with Gasteiger partial charge < -0.3 is 0 Å². The van der Waals surface area contributed by atoms with E-state index in [1.165, 1.54) is 44.9 Å². The first-order valence-corrected chi connectivity index (χ1v) is 7.92. The van der Waals surface area contributed by atoms with E-state index in [1.807, 2.05) is 0 Å². The van der Waals surface area contributed by atoms with Crippen LogP contribution in [0.5, 0.6) is 0 Å². The molecule has 1 aliphatic carbocycles. The van der Waals surface area contributed by atoms with Gasteiger partial charge in [-0.1, -0.05) is 32.1 Å². The zero-order valence-corrected chi connectivity index (χ0v) is 12.2. The Morgan fingerprint density at radius 2 is 1.39 bits per heavy atom. The van der Waals surface area contributed by atoms with Gasteiger partial charge in [-0.25, -0.2) is 0 Å². The molecule has 104 valence electrons. The highest BCUT2D eigenvalue weighted by molar-refractivity contribution is 5.89. The molecular weight excluding hydrogens is 222 g/mol. The molecule has 2 fully saturated rings. The van der Waals surface area contributed by atoms with Gasteiger partial charge in [0.05, 0.1) is 5.54 Å². The molecule has 0 radical (unpaired) electrons. The lowest BCUT2D eigenvalue weighted by molar-refractivity contribution is -0.134. The Hall–Kier alpha value is -0.370. The minimum Gasteiger partial charge on any atom is -0.297 e. The molecule has 2 heteroatoms. The van der Waals surface area contributed by atoms with Crippen LogP contribution in [0.2, 0.25) is 0 Å². The summed E-state index contributed by atoms with van der Waals surface area (Å²) >= 11 is 0. The number of carbonyl (C=O) groups excluding carboxylic acids is 1. The molecule has 0 atom stereocenters. The van der Waals surface area contributed by atoms with Crippen LogP contribution in [0.1, 0.15) is 71.6 Å². The van der Waals surface area contributed by atoms with Gasteiger partial charge in [-0.2, -0.15) is 0 Å². The van der Waals surface area contributed by atoms with Crippen molar-refractivity contribution in [2.45, 2.75) is 77.2 Å². The van der Waals surface area contributed by atoms with Crippen LogP contribution in [0.25, 0.3) is 0 Å². The van der Waals surface area contributed by atoms with Crippen LogP contribution in [0, 0.1) is 5.92 Å². The number of hydrogen-bond donors (Lipinski definition) is 0. The third kappa shape index (κ3) is 3.14. The summed E-state index contributed by atoms with van der Waals surface area (Å²) in [5.74, 6) is 0.857. The van der Waals surface area contributed by atoms with Gasteiger partial charge in [0.15, 0.2) is 5.78 Å². The maximum absolute atomic E-state index is 12.8. The first kappa shape index (κ1) is 14.0. The van der Waals surface area contributed by atoms with Crippen molar-refractivity contribution in [1.82, 2.24) is 4.90 Å². The summed E-state index contributed by atoms with van der Waals surface area (Å²) in [5.41, 5.74) is -0.227. The van der Waals surface area contributed by atoms with E-state index in [0.29, 0.717) is 11.7 Å². The van der Waals surface area contributed by atoms with Gasteiger partial charge in [0.1, 0.15) is 0 Å². The van der Waals surface area contributed by atoms with Gasteiger partial charge in [-0.3, -0.25) is 9.69 Å². The summed E-state index contributed by atoms with van der Waals surface area (Å²) in [7, 11) is 0. The van der Waals surface area contributed by atoms with Crippen molar-refractivity contribution in [3.63, 3.8) is 0 Å². The van der Waals surface area contributed by atoms with Gasteiger partial charge in [0.2, 0.25) is 0 Å². The highest BCUT2D eigenvalue weighted by Gasteiger charge is 2.38. The molecule has 1 heterocycles. The van der Waals surface area contributed by atoms with E-state index in [-0.39, 0.29) is 5.54 Å². The maximum atomic E-state index is 12.8. The minimum atomic E-state index is -0.227. The maximum Gasteiger partial charge on any atom is 0.155 e. The van der Waals surface area contributed by atoms with Crippen molar-refractivity contribution in [3.8, 4) is 0 Å². The standard InChI is InChI=1S/C16H29NO/c1-16(2,17-12-8-5-9-13-17)15(18)14-10-6-3-4-7-11-14/h14H,3-13H2,1-2H3. The predicted octanol–water partition coefficient (Wildman–Crippen LogP) is 3.79. The summed E-state index contributed by atoms with van der Waals surface area (Å²) < 4.78 is 0. The number of piperidine rings is 1. The lowest BCUT2D eigenvalue weighted by Gasteiger charge is -2.41. The number of nitrogens with zero attached hydrogens (tertiary/aromatic N) is 1. The molecule has 1 saturated carbocycles. The van der Waals surface area contributed by atoms with Crippen LogP contribution in [0.3, 0.4) is 0 Å². The Bertz CT molecular complexity index is 271. The fourth-order valence-electron chi connectivity index (χ4n) is 3.65. The summed E-state index contributed by atoms with van der Waals surface area (Å²) in [4.78, 5) is 15.3. The number of rotatable bonds is 3. The van der Waals surface area contributed by atoms with E-state index in [2.05, 4.69) is 18.7 Å². The van der Waals surface area contributed by atoms with E-state index in [0.717, 1.165) is 25.9 Å². The van der Waals surface area contributed by atoms with Crippen LogP contribution in [-0.4, -0.2) is 29.3 Å². The topological polar surface area (TPSA) is 20.3 Å². The molecule has 0 bridgehead atoms. The average molecular weight is 251 g/mol. The molecule has 18 heavy (non-hydrogen) atoms. The van der Waals surface area contributed by atoms with Gasteiger partial charge in [-0.05, 0) is 52.6 Å². The molecule has 2 aliphatic rings. The number of likely N-dealkylation sites (tertiary alicyclic amines) is 1. The monoisotopic (exact) mass is 251 g/mol. The van der Waals surface area contributed by atoms with Crippen LogP contribution in [0.4, 0.5) is 0 Å². The summed E-state index contributed by atoms with van der Waals surface area (Å²) in [6.45, 7) is 6.55. The Balaban J connectivity index is 2.00. The lowest BCUT2D eigenvalue weighted by atomic mass is 9.82. The quantitative estimate of drug-likeness (QED) is 0.711. The normalized spacial score (nSPS) is 24.8. The van der Waals surface area contributed by atoms with Crippen LogP contribution in [0.15, 0.2) is 0 Å². The zero-order chi connectivity index (χ0) is 13.0. The smallest absolute Gasteiger partial charge is 0.155 e. The Labute approximate surface area is 112 Å². The fourth-order valence-corrected chi connectivity index (χ4v) is 3.65. The van der Waals surface area contributed by atoms with E-state index in [9.17, 15) is 4.79 Å². The third-order valence-electron chi connectivity index (χ3n) is 4.98. The van der Waals surface area contributed by atoms with Crippen molar-refractivity contribution in [3.05, 3.63) is 0 Å². The molecule has 0 spiro atoms. The van der Waals surface area contributed by atoms with E-state index >= 15 is 0 Å². The second-order valence-corrected chi connectivity index (χ2v) is 6.66. The van der Waals surface area contributed by atoms with Crippen molar-refractivity contribution in [2.75, 3.05) is 13.1 Å². The largest absolute Gasteiger partial charge is 0.297 e. The van der Waals surface area contributed by atoms with E-state index < -0.39 is 0 Å². The first-order valence-electron chi connectivity index (χ1n) is 7.92. The molecule has 0 unspecified atom stereocenters. The SMILES string of the molecule is CC(C)(C(=O)C1CCCCCC1)N1CCCCC1. The molecule has 2 nitrogen and oxygen atoms in total. The lowest BCUT2D eigenvalue weighted by Crippen LogP contribution is -2.54. The van der Waals surface area contributed by atoms with Gasteiger partial charge >= 0.3 is 0 Å². The fraction of sp³-hybridized carbons (Fsp3) is 0.938. The first-order chi connectivity index (χ1) is 8.62. The third-order valence-corrected chi connectivity index (χ3v) is 4.98. The van der Waals surface area contributed by atoms with Crippen LogP contribution in [-0.2, 0) is 4.79 Å². The molecule has 0 N–H and O–H groups in total. The summed E-state index contributed by atoms with van der Waals surface area (Å²) in [6.07, 6.45) is 11.3.